The lowest BCUT2D eigenvalue weighted by Gasteiger charge is -2.31. The van der Waals surface area contributed by atoms with Crippen LogP contribution in [0.4, 0.5) is 0 Å². The van der Waals surface area contributed by atoms with Crippen molar-refractivity contribution in [3.8, 4) is 17.1 Å². The van der Waals surface area contributed by atoms with Gasteiger partial charge in [0.15, 0.2) is 5.82 Å². The summed E-state index contributed by atoms with van der Waals surface area (Å²) in [5, 5.41) is 8.27. The van der Waals surface area contributed by atoms with Crippen LogP contribution < -0.4 is 4.74 Å². The Morgan fingerprint density at radius 1 is 1.07 bits per heavy atom. The fourth-order valence-electron chi connectivity index (χ4n) is 3.59. The van der Waals surface area contributed by atoms with E-state index < -0.39 is 0 Å². The number of piperidine rings is 1. The summed E-state index contributed by atoms with van der Waals surface area (Å²) in [5.74, 6) is 3.17. The molecular weight excluding hydrogens is 340 g/mol. The average molecular weight is 364 g/mol. The Morgan fingerprint density at radius 3 is 2.37 bits per heavy atom. The van der Waals surface area contributed by atoms with Gasteiger partial charge in [0.2, 0.25) is 0 Å². The van der Waals surface area contributed by atoms with Crippen molar-refractivity contribution >= 4 is 0 Å². The lowest BCUT2D eigenvalue weighted by Crippen LogP contribution is -2.33. The van der Waals surface area contributed by atoms with Crippen LogP contribution in [-0.2, 0) is 13.6 Å². The van der Waals surface area contributed by atoms with Crippen molar-refractivity contribution in [3.63, 3.8) is 0 Å². The molecule has 3 heterocycles. The first-order valence-corrected chi connectivity index (χ1v) is 9.24. The molecule has 7 nitrogen and oxygen atoms in total. The Labute approximate surface area is 159 Å². The summed E-state index contributed by atoms with van der Waals surface area (Å²) in [6.45, 7) is 2.99. The Bertz CT molecular complexity index is 866. The molecule has 3 aromatic rings. The number of benzene rings is 1. The molecule has 0 radical (unpaired) electrons. The molecule has 2 aromatic heterocycles. The zero-order valence-electron chi connectivity index (χ0n) is 15.7. The number of nitrogens with zero attached hydrogens (tertiary/aromatic N) is 6. The first-order chi connectivity index (χ1) is 13.2. The Balaban J connectivity index is 1.34. The molecule has 1 saturated heterocycles. The fourth-order valence-corrected chi connectivity index (χ4v) is 3.59. The summed E-state index contributed by atoms with van der Waals surface area (Å²) in [6, 6.07) is 7.80. The van der Waals surface area contributed by atoms with Crippen LogP contribution in [0.15, 0.2) is 43.0 Å². The van der Waals surface area contributed by atoms with E-state index in [0.717, 1.165) is 61.0 Å². The largest absolute Gasteiger partial charge is 0.497 e. The molecule has 1 aliphatic heterocycles. The van der Waals surface area contributed by atoms with Crippen LogP contribution in [0, 0.1) is 0 Å². The third-order valence-corrected chi connectivity index (χ3v) is 5.16. The van der Waals surface area contributed by atoms with Crippen molar-refractivity contribution in [3.05, 3.63) is 54.4 Å². The predicted molar refractivity (Wildman–Crippen MR) is 102 cm³/mol. The van der Waals surface area contributed by atoms with Crippen molar-refractivity contribution in [2.24, 2.45) is 7.05 Å². The van der Waals surface area contributed by atoms with Gasteiger partial charge in [0.25, 0.3) is 0 Å². The van der Waals surface area contributed by atoms with Crippen LogP contribution in [0.2, 0.25) is 0 Å². The lowest BCUT2D eigenvalue weighted by molar-refractivity contribution is 0.200. The number of methoxy groups -OCH3 is 1. The maximum absolute atomic E-state index is 5.19. The molecule has 0 saturated carbocycles. The average Bonchev–Trinajstić information content (AvgIpc) is 3.15. The fraction of sp³-hybridized carbons (Fsp3) is 0.400. The molecule has 4 rings (SSSR count). The van der Waals surface area contributed by atoms with Crippen LogP contribution >= 0.6 is 0 Å². The minimum absolute atomic E-state index is 0.502. The summed E-state index contributed by atoms with van der Waals surface area (Å²) >= 11 is 0. The number of likely N-dealkylation sites (tertiary alicyclic amines) is 1. The second kappa shape index (κ2) is 7.84. The number of ether oxygens (including phenoxy) is 1. The van der Waals surface area contributed by atoms with Gasteiger partial charge in [-0.3, -0.25) is 4.90 Å². The van der Waals surface area contributed by atoms with E-state index >= 15 is 0 Å². The Morgan fingerprint density at radius 2 is 1.78 bits per heavy atom. The molecule has 0 aliphatic carbocycles. The zero-order valence-corrected chi connectivity index (χ0v) is 15.7. The van der Waals surface area contributed by atoms with Gasteiger partial charge in [-0.1, -0.05) is 0 Å². The third kappa shape index (κ3) is 3.98. The first kappa shape index (κ1) is 17.6. The van der Waals surface area contributed by atoms with Gasteiger partial charge in [0.05, 0.1) is 7.11 Å². The van der Waals surface area contributed by atoms with E-state index in [2.05, 4.69) is 25.1 Å². The molecule has 27 heavy (non-hydrogen) atoms. The summed E-state index contributed by atoms with van der Waals surface area (Å²) in [5.41, 5.74) is 2.14. The molecule has 1 aliphatic rings. The SMILES string of the molecule is COc1ccc(-c2ncc(CN3CCC(c4nncn4C)CC3)cn2)cc1. The molecule has 7 heteroatoms. The van der Waals surface area contributed by atoms with Crippen molar-refractivity contribution in [1.29, 1.82) is 0 Å². The molecule has 1 aromatic carbocycles. The number of hydrogen-bond donors (Lipinski definition) is 0. The molecule has 0 bridgehead atoms. The molecule has 0 amide bonds. The zero-order chi connectivity index (χ0) is 18.6. The molecule has 0 spiro atoms. The predicted octanol–water partition coefficient (Wildman–Crippen LogP) is 2.66. The summed E-state index contributed by atoms with van der Waals surface area (Å²) in [7, 11) is 3.68. The monoisotopic (exact) mass is 364 g/mol. The molecule has 0 N–H and O–H groups in total. The van der Waals surface area contributed by atoms with E-state index in [-0.39, 0.29) is 0 Å². The topological polar surface area (TPSA) is 69.0 Å². The van der Waals surface area contributed by atoms with Crippen LogP contribution in [0.1, 0.15) is 30.1 Å². The van der Waals surface area contributed by atoms with E-state index in [1.807, 2.05) is 48.3 Å². The molecule has 0 unspecified atom stereocenters. The number of aryl methyl sites for hydroxylation is 1. The van der Waals surface area contributed by atoms with Crippen LogP contribution in [0.3, 0.4) is 0 Å². The van der Waals surface area contributed by atoms with Crippen molar-refractivity contribution in [1.82, 2.24) is 29.6 Å². The van der Waals surface area contributed by atoms with Gasteiger partial charge >= 0.3 is 0 Å². The maximum atomic E-state index is 5.19. The number of hydrogen-bond acceptors (Lipinski definition) is 6. The summed E-state index contributed by atoms with van der Waals surface area (Å²) in [4.78, 5) is 11.5. The van der Waals surface area contributed by atoms with Gasteiger partial charge in [-0.05, 0) is 50.2 Å². The molecule has 140 valence electrons. The second-order valence-corrected chi connectivity index (χ2v) is 6.99. The smallest absolute Gasteiger partial charge is 0.159 e. The van der Waals surface area contributed by atoms with E-state index in [4.69, 9.17) is 4.74 Å². The van der Waals surface area contributed by atoms with Crippen molar-refractivity contribution < 1.29 is 4.74 Å². The molecule has 0 atom stereocenters. The van der Waals surface area contributed by atoms with Gasteiger partial charge < -0.3 is 9.30 Å². The highest BCUT2D eigenvalue weighted by atomic mass is 16.5. The Hall–Kier alpha value is -2.80. The quantitative estimate of drug-likeness (QED) is 0.693. The van der Waals surface area contributed by atoms with Gasteiger partial charge in [-0.15, -0.1) is 10.2 Å². The van der Waals surface area contributed by atoms with E-state index in [1.54, 1.807) is 13.4 Å². The highest BCUT2D eigenvalue weighted by Crippen LogP contribution is 2.27. The number of rotatable bonds is 5. The lowest BCUT2D eigenvalue weighted by atomic mass is 9.96. The van der Waals surface area contributed by atoms with Gasteiger partial charge in [0.1, 0.15) is 17.9 Å². The Kier molecular flexibility index (Phi) is 5.11. The van der Waals surface area contributed by atoms with Gasteiger partial charge in [0, 0.05) is 43.0 Å². The van der Waals surface area contributed by atoms with Crippen molar-refractivity contribution in [2.45, 2.75) is 25.3 Å². The molecular formula is C20H24N6O. The van der Waals surface area contributed by atoms with Crippen LogP contribution in [-0.4, -0.2) is 49.8 Å². The van der Waals surface area contributed by atoms with Gasteiger partial charge in [-0.25, -0.2) is 9.97 Å². The van der Waals surface area contributed by atoms with Crippen LogP contribution in [0.5, 0.6) is 5.75 Å². The van der Waals surface area contributed by atoms with Gasteiger partial charge in [-0.2, -0.15) is 0 Å². The summed E-state index contributed by atoms with van der Waals surface area (Å²) < 4.78 is 7.23. The van der Waals surface area contributed by atoms with E-state index in [9.17, 15) is 0 Å². The second-order valence-electron chi connectivity index (χ2n) is 6.99. The minimum atomic E-state index is 0.502. The highest BCUT2D eigenvalue weighted by molar-refractivity contribution is 5.55. The standard InChI is InChI=1S/C20H24N6O/c1-25-14-23-24-20(25)17-7-9-26(10-8-17)13-15-11-21-19(22-12-15)16-3-5-18(27-2)6-4-16/h3-6,11-12,14,17H,7-10,13H2,1-2H3. The van der Waals surface area contributed by atoms with E-state index in [0.29, 0.717) is 5.92 Å². The van der Waals surface area contributed by atoms with E-state index in [1.165, 1.54) is 0 Å². The number of aromatic nitrogens is 5. The van der Waals surface area contributed by atoms with Crippen molar-refractivity contribution in [2.75, 3.05) is 20.2 Å². The van der Waals surface area contributed by atoms with Crippen LogP contribution in [0.25, 0.3) is 11.4 Å². The highest BCUT2D eigenvalue weighted by Gasteiger charge is 2.23. The third-order valence-electron chi connectivity index (χ3n) is 5.16. The first-order valence-electron chi connectivity index (χ1n) is 9.24. The summed E-state index contributed by atoms with van der Waals surface area (Å²) in [6.07, 6.45) is 7.86. The maximum Gasteiger partial charge on any atom is 0.159 e. The minimum Gasteiger partial charge on any atom is -0.497 e. The molecule has 1 fully saturated rings. The normalized spacial score (nSPS) is 15.8.